The quantitative estimate of drug-likeness (QED) is 0.321. The molecule has 0 spiro atoms. The van der Waals surface area contributed by atoms with Gasteiger partial charge in [-0.25, -0.2) is 9.50 Å². The van der Waals surface area contributed by atoms with Gasteiger partial charge in [-0.05, 0) is 63.4 Å². The number of pyridine rings is 1. The first kappa shape index (κ1) is 26.7. The maximum atomic E-state index is 14.3. The highest BCUT2D eigenvalue weighted by molar-refractivity contribution is 6.01. The smallest absolute Gasteiger partial charge is 0.264 e. The van der Waals surface area contributed by atoms with Crippen LogP contribution in [0.3, 0.4) is 0 Å². The predicted molar refractivity (Wildman–Crippen MR) is 162 cm³/mol. The van der Waals surface area contributed by atoms with E-state index in [4.69, 9.17) is 0 Å². The minimum Gasteiger partial charge on any atom is -0.344 e. The Bertz CT molecular complexity index is 2130. The zero-order chi connectivity index (χ0) is 29.5. The SMILES string of the molecule is Cc1cc(C)n2nc(C)c(C(=O)N[C@@H](C)c3cc4cccc(C#Cc5cnn(C)c5)c4c(=O)n3-c3ccccc3)c2n1. The molecule has 208 valence electrons. The highest BCUT2D eigenvalue weighted by atomic mass is 16.2. The van der Waals surface area contributed by atoms with Crippen molar-refractivity contribution in [1.29, 1.82) is 0 Å². The monoisotopic (exact) mass is 555 g/mol. The van der Waals surface area contributed by atoms with E-state index in [-0.39, 0.29) is 11.5 Å². The van der Waals surface area contributed by atoms with E-state index in [1.54, 1.807) is 26.9 Å². The second-order valence-electron chi connectivity index (χ2n) is 10.4. The Balaban J connectivity index is 1.47. The number of para-hydroxylation sites is 1. The zero-order valence-corrected chi connectivity index (χ0v) is 24.0. The van der Waals surface area contributed by atoms with Crippen molar-refractivity contribution in [2.45, 2.75) is 33.7 Å². The molecule has 42 heavy (non-hydrogen) atoms. The fourth-order valence-electron chi connectivity index (χ4n) is 5.31. The zero-order valence-electron chi connectivity index (χ0n) is 24.0. The molecule has 6 aromatic rings. The van der Waals surface area contributed by atoms with E-state index in [1.807, 2.05) is 94.7 Å². The average molecular weight is 556 g/mol. The maximum Gasteiger partial charge on any atom is 0.264 e. The molecule has 0 aliphatic rings. The Morgan fingerprint density at radius 2 is 1.79 bits per heavy atom. The summed E-state index contributed by atoms with van der Waals surface area (Å²) in [5.74, 6) is 5.97. The molecular formula is C33H29N7O2. The topological polar surface area (TPSA) is 99.1 Å². The normalized spacial score (nSPS) is 11.8. The number of carbonyl (C=O) groups excluding carboxylic acids is 1. The molecule has 4 heterocycles. The Kier molecular flexibility index (Phi) is 6.67. The van der Waals surface area contributed by atoms with Crippen LogP contribution in [0.5, 0.6) is 0 Å². The van der Waals surface area contributed by atoms with Crippen LogP contribution >= 0.6 is 0 Å². The summed E-state index contributed by atoms with van der Waals surface area (Å²) >= 11 is 0. The number of amides is 1. The minimum atomic E-state index is -0.528. The molecule has 1 amide bonds. The lowest BCUT2D eigenvalue weighted by Gasteiger charge is -2.21. The second-order valence-corrected chi connectivity index (χ2v) is 10.4. The molecule has 2 aromatic carbocycles. The minimum absolute atomic E-state index is 0.217. The van der Waals surface area contributed by atoms with E-state index in [0.717, 1.165) is 22.3 Å². The molecule has 0 bridgehead atoms. The van der Waals surface area contributed by atoms with Crippen molar-refractivity contribution < 1.29 is 4.79 Å². The number of hydrogen-bond acceptors (Lipinski definition) is 5. The number of carbonyl (C=O) groups is 1. The molecule has 0 aliphatic carbocycles. The van der Waals surface area contributed by atoms with Crippen LogP contribution < -0.4 is 10.9 Å². The Hall–Kier alpha value is -5.49. The highest BCUT2D eigenvalue weighted by Crippen LogP contribution is 2.24. The number of nitrogens with zero attached hydrogens (tertiary/aromatic N) is 6. The Morgan fingerprint density at radius 3 is 2.52 bits per heavy atom. The summed E-state index contributed by atoms with van der Waals surface area (Å²) in [6.07, 6.45) is 3.51. The van der Waals surface area contributed by atoms with Crippen molar-refractivity contribution >= 4 is 22.3 Å². The summed E-state index contributed by atoms with van der Waals surface area (Å²) < 4.78 is 5.02. The van der Waals surface area contributed by atoms with Crippen molar-refractivity contribution in [3.05, 3.63) is 123 Å². The van der Waals surface area contributed by atoms with E-state index >= 15 is 0 Å². The van der Waals surface area contributed by atoms with Gasteiger partial charge in [-0.2, -0.15) is 10.2 Å². The van der Waals surface area contributed by atoms with Gasteiger partial charge in [0.15, 0.2) is 5.65 Å². The van der Waals surface area contributed by atoms with Gasteiger partial charge in [0.1, 0.15) is 5.56 Å². The van der Waals surface area contributed by atoms with Gasteiger partial charge in [-0.15, -0.1) is 0 Å². The van der Waals surface area contributed by atoms with Crippen LogP contribution in [0.4, 0.5) is 0 Å². The van der Waals surface area contributed by atoms with Crippen LogP contribution in [0.2, 0.25) is 0 Å². The summed E-state index contributed by atoms with van der Waals surface area (Å²) in [7, 11) is 1.83. The number of aryl methyl sites for hydroxylation is 4. The first-order valence-electron chi connectivity index (χ1n) is 13.6. The highest BCUT2D eigenvalue weighted by Gasteiger charge is 2.24. The lowest BCUT2D eigenvalue weighted by atomic mass is 10.0. The standard InChI is InChI=1S/C33H29N7O2/c1-20-16-21(2)40-31(35-20)29(23(4)37-40)32(41)36-22(3)28-17-26-11-9-10-25(15-14-24-18-34-38(5)19-24)30(26)33(42)39(28)27-12-7-6-8-13-27/h6-13,16-19,22H,1-5H3,(H,36,41)/t22-/m0/s1. The fourth-order valence-corrected chi connectivity index (χ4v) is 5.31. The molecule has 9 nitrogen and oxygen atoms in total. The molecule has 4 aromatic heterocycles. The second kappa shape index (κ2) is 10.5. The summed E-state index contributed by atoms with van der Waals surface area (Å²) in [6.45, 7) is 7.49. The molecule has 9 heteroatoms. The van der Waals surface area contributed by atoms with E-state index in [2.05, 4.69) is 32.3 Å². The van der Waals surface area contributed by atoms with Gasteiger partial charge in [0.05, 0.1) is 28.9 Å². The third-order valence-corrected chi connectivity index (χ3v) is 7.22. The van der Waals surface area contributed by atoms with Gasteiger partial charge in [-0.3, -0.25) is 18.8 Å². The Labute approximate surface area is 242 Å². The first-order chi connectivity index (χ1) is 20.2. The van der Waals surface area contributed by atoms with Crippen LogP contribution in [0.25, 0.3) is 22.1 Å². The summed E-state index contributed by atoms with van der Waals surface area (Å²) in [4.78, 5) is 32.5. The maximum absolute atomic E-state index is 14.3. The molecule has 1 N–H and O–H groups in total. The number of aromatic nitrogens is 6. The van der Waals surface area contributed by atoms with Crippen molar-refractivity contribution in [3.8, 4) is 17.5 Å². The van der Waals surface area contributed by atoms with Crippen LogP contribution in [0.15, 0.2) is 77.9 Å². The number of fused-ring (bicyclic) bond motifs is 2. The molecule has 0 saturated carbocycles. The molecule has 0 aliphatic heterocycles. The summed E-state index contributed by atoms with van der Waals surface area (Å²) in [6, 6.07) is 18.4. The van der Waals surface area contributed by atoms with Crippen LogP contribution in [0, 0.1) is 32.6 Å². The van der Waals surface area contributed by atoms with Gasteiger partial charge in [-0.1, -0.05) is 42.2 Å². The summed E-state index contributed by atoms with van der Waals surface area (Å²) in [5, 5.41) is 13.1. The molecule has 1 atom stereocenters. The van der Waals surface area contributed by atoms with Crippen LogP contribution in [0.1, 0.15) is 57.2 Å². The average Bonchev–Trinajstić information content (AvgIpc) is 3.53. The van der Waals surface area contributed by atoms with Gasteiger partial charge in [0, 0.05) is 41.6 Å². The van der Waals surface area contributed by atoms with Crippen molar-refractivity contribution in [3.63, 3.8) is 0 Å². The number of nitrogens with one attached hydrogen (secondary N) is 1. The largest absolute Gasteiger partial charge is 0.344 e. The van der Waals surface area contributed by atoms with Gasteiger partial charge in [0.2, 0.25) is 0 Å². The predicted octanol–water partition coefficient (Wildman–Crippen LogP) is 4.58. The number of hydrogen-bond donors (Lipinski definition) is 1. The van der Waals surface area contributed by atoms with E-state index in [0.29, 0.717) is 39.2 Å². The van der Waals surface area contributed by atoms with Gasteiger partial charge >= 0.3 is 0 Å². The number of rotatable bonds is 4. The molecule has 0 radical (unpaired) electrons. The third kappa shape index (κ3) is 4.73. The van der Waals surface area contributed by atoms with E-state index in [1.165, 1.54) is 0 Å². The summed E-state index contributed by atoms with van der Waals surface area (Å²) in [5.41, 5.74) is 5.68. The van der Waals surface area contributed by atoms with Crippen molar-refractivity contribution in [2.24, 2.45) is 7.05 Å². The Morgan fingerprint density at radius 1 is 1.00 bits per heavy atom. The molecule has 6 rings (SSSR count). The van der Waals surface area contributed by atoms with Crippen molar-refractivity contribution in [2.75, 3.05) is 0 Å². The van der Waals surface area contributed by atoms with Crippen LogP contribution in [-0.2, 0) is 7.05 Å². The third-order valence-electron chi connectivity index (χ3n) is 7.22. The molecule has 0 unspecified atom stereocenters. The van der Waals surface area contributed by atoms with Gasteiger partial charge in [0.25, 0.3) is 11.5 Å². The van der Waals surface area contributed by atoms with E-state index in [9.17, 15) is 9.59 Å². The molecule has 0 saturated heterocycles. The van der Waals surface area contributed by atoms with E-state index < -0.39 is 6.04 Å². The first-order valence-corrected chi connectivity index (χ1v) is 13.6. The molecule has 0 fully saturated rings. The van der Waals surface area contributed by atoms with Crippen LogP contribution in [-0.4, -0.2) is 34.9 Å². The van der Waals surface area contributed by atoms with Gasteiger partial charge < -0.3 is 5.32 Å². The number of benzene rings is 2. The fraction of sp³-hybridized carbons (Fsp3) is 0.182. The molecular weight excluding hydrogens is 526 g/mol. The van der Waals surface area contributed by atoms with Crippen molar-refractivity contribution in [1.82, 2.24) is 34.3 Å². The lowest BCUT2D eigenvalue weighted by molar-refractivity contribution is 0.0939. The lowest BCUT2D eigenvalue weighted by Crippen LogP contribution is -2.32.